The minimum atomic E-state index is -3.34. The van der Waals surface area contributed by atoms with Gasteiger partial charge >= 0.3 is 0 Å². The molecular weight excluding hydrogens is 548 g/mol. The first kappa shape index (κ1) is 24.1. The standard InChI is InChI=1S/C25H21BrN4O5S/c1-2-36(33,34)18-6-4-17(5-7-18)35-22-12-21-20(11-15(22)14-30-23(31)9-10-24(30)32)28-25(29-21)19-8-3-16(26)13-27-19/h3-8,11-13H,2,9-10,14H2,1H3,(H,28,29). The second kappa shape index (κ2) is 9.47. The number of halogens is 1. The Bertz CT molecular complexity index is 1570. The van der Waals surface area contributed by atoms with Crippen LogP contribution < -0.4 is 4.74 Å². The number of sulfone groups is 1. The van der Waals surface area contributed by atoms with E-state index < -0.39 is 9.84 Å². The topological polar surface area (TPSA) is 122 Å². The molecule has 4 aromatic rings. The number of hydrogen-bond donors (Lipinski definition) is 1. The molecule has 9 nitrogen and oxygen atoms in total. The number of carbonyl (C=O) groups is 2. The van der Waals surface area contributed by atoms with Crippen LogP contribution in [0, 0.1) is 0 Å². The lowest BCUT2D eigenvalue weighted by molar-refractivity contribution is -0.139. The van der Waals surface area contributed by atoms with E-state index in [-0.39, 0.29) is 41.8 Å². The van der Waals surface area contributed by atoms with Crippen LogP contribution in [0.3, 0.4) is 0 Å². The van der Waals surface area contributed by atoms with Gasteiger partial charge in [-0.15, -0.1) is 0 Å². The molecule has 0 radical (unpaired) electrons. The molecule has 0 aliphatic carbocycles. The Balaban J connectivity index is 1.54. The van der Waals surface area contributed by atoms with E-state index in [0.29, 0.717) is 39.6 Å². The zero-order valence-electron chi connectivity index (χ0n) is 19.2. The number of H-pyrrole nitrogens is 1. The number of ether oxygens (including phenoxy) is 1. The van der Waals surface area contributed by atoms with Crippen LogP contribution in [0.15, 0.2) is 64.1 Å². The zero-order chi connectivity index (χ0) is 25.4. The normalized spacial score (nSPS) is 14.1. The van der Waals surface area contributed by atoms with Gasteiger partial charge in [0.25, 0.3) is 0 Å². The molecule has 2 amide bonds. The van der Waals surface area contributed by atoms with Gasteiger partial charge in [0, 0.05) is 35.1 Å². The van der Waals surface area contributed by atoms with Crippen molar-refractivity contribution in [3.8, 4) is 23.0 Å². The number of rotatable bonds is 7. The van der Waals surface area contributed by atoms with E-state index in [2.05, 4.69) is 30.9 Å². The third-order valence-electron chi connectivity index (χ3n) is 5.91. The summed E-state index contributed by atoms with van der Waals surface area (Å²) in [4.78, 5) is 38.2. The molecule has 0 unspecified atom stereocenters. The summed E-state index contributed by atoms with van der Waals surface area (Å²) in [5.74, 6) is 0.913. The van der Waals surface area contributed by atoms with Gasteiger partial charge in [-0.2, -0.15) is 0 Å². The number of aromatic amines is 1. The first-order valence-corrected chi connectivity index (χ1v) is 13.7. The molecule has 1 saturated heterocycles. The zero-order valence-corrected chi connectivity index (χ0v) is 21.6. The SMILES string of the molecule is CCS(=O)(=O)c1ccc(Oc2cc3nc(-c4ccc(Br)cn4)[nH]c3cc2CN2C(=O)CCC2=O)cc1. The number of nitrogens with one attached hydrogen (secondary N) is 1. The summed E-state index contributed by atoms with van der Waals surface area (Å²) in [7, 11) is -3.34. The number of benzene rings is 2. The molecule has 0 saturated carbocycles. The van der Waals surface area contributed by atoms with Crippen LogP contribution >= 0.6 is 15.9 Å². The first-order chi connectivity index (χ1) is 17.2. The Hall–Kier alpha value is -3.57. The predicted molar refractivity (Wildman–Crippen MR) is 136 cm³/mol. The largest absolute Gasteiger partial charge is 0.457 e. The number of carbonyl (C=O) groups excluding carboxylic acids is 2. The van der Waals surface area contributed by atoms with Crippen LogP contribution in [0.2, 0.25) is 0 Å². The summed E-state index contributed by atoms with van der Waals surface area (Å²) < 4.78 is 31.2. The highest BCUT2D eigenvalue weighted by atomic mass is 79.9. The summed E-state index contributed by atoms with van der Waals surface area (Å²) in [5.41, 5.74) is 2.56. The molecule has 0 atom stereocenters. The minimum Gasteiger partial charge on any atom is -0.457 e. The van der Waals surface area contributed by atoms with Crippen molar-refractivity contribution in [2.45, 2.75) is 31.2 Å². The molecule has 11 heteroatoms. The lowest BCUT2D eigenvalue weighted by Crippen LogP contribution is -2.28. The van der Waals surface area contributed by atoms with Crippen LogP contribution in [0.4, 0.5) is 0 Å². The quantitative estimate of drug-likeness (QED) is 0.322. The van der Waals surface area contributed by atoms with Gasteiger partial charge in [0.05, 0.1) is 28.2 Å². The fraction of sp³-hybridized carbons (Fsp3) is 0.200. The van der Waals surface area contributed by atoms with Gasteiger partial charge in [-0.25, -0.2) is 13.4 Å². The summed E-state index contributed by atoms with van der Waals surface area (Å²) >= 11 is 3.37. The third-order valence-corrected chi connectivity index (χ3v) is 8.13. The number of amides is 2. The van der Waals surface area contributed by atoms with Gasteiger partial charge < -0.3 is 9.72 Å². The number of pyridine rings is 1. The third kappa shape index (κ3) is 4.76. The minimum absolute atomic E-state index is 0.000623. The molecule has 0 spiro atoms. The van der Waals surface area contributed by atoms with Gasteiger partial charge in [0.1, 0.15) is 17.2 Å². The number of imide groups is 1. The highest BCUT2D eigenvalue weighted by Gasteiger charge is 2.30. The van der Waals surface area contributed by atoms with E-state index in [1.165, 1.54) is 17.0 Å². The smallest absolute Gasteiger partial charge is 0.230 e. The Morgan fingerprint density at radius 2 is 1.78 bits per heavy atom. The second-order valence-corrected chi connectivity index (χ2v) is 11.5. The Morgan fingerprint density at radius 1 is 1.06 bits per heavy atom. The number of likely N-dealkylation sites (tertiary alicyclic amines) is 1. The van der Waals surface area contributed by atoms with Crippen molar-refractivity contribution in [2.75, 3.05) is 5.75 Å². The molecule has 36 heavy (non-hydrogen) atoms. The summed E-state index contributed by atoms with van der Waals surface area (Å²) in [5, 5.41) is 0. The summed E-state index contributed by atoms with van der Waals surface area (Å²) in [6.07, 6.45) is 2.05. The molecule has 3 heterocycles. The average Bonchev–Trinajstić information content (AvgIpc) is 3.42. The first-order valence-electron chi connectivity index (χ1n) is 11.2. The molecule has 0 bridgehead atoms. The summed E-state index contributed by atoms with van der Waals surface area (Å²) in [6.45, 7) is 1.64. The fourth-order valence-electron chi connectivity index (χ4n) is 3.92. The van der Waals surface area contributed by atoms with Crippen molar-refractivity contribution in [2.24, 2.45) is 0 Å². The molecule has 2 aromatic heterocycles. The maximum absolute atomic E-state index is 12.3. The van der Waals surface area contributed by atoms with E-state index in [1.807, 2.05) is 12.1 Å². The number of imidazole rings is 1. The summed E-state index contributed by atoms with van der Waals surface area (Å²) in [6, 6.07) is 13.3. The van der Waals surface area contributed by atoms with Gasteiger partial charge in [0.2, 0.25) is 11.8 Å². The van der Waals surface area contributed by atoms with Crippen molar-refractivity contribution in [3.05, 3.63) is 64.8 Å². The number of fused-ring (bicyclic) bond motifs is 1. The molecule has 1 aliphatic heterocycles. The maximum Gasteiger partial charge on any atom is 0.230 e. The van der Waals surface area contributed by atoms with Crippen molar-refractivity contribution in [1.29, 1.82) is 0 Å². The van der Waals surface area contributed by atoms with Crippen molar-refractivity contribution in [1.82, 2.24) is 19.9 Å². The molecule has 5 rings (SSSR count). The lowest BCUT2D eigenvalue weighted by Gasteiger charge is -2.17. The Kier molecular flexibility index (Phi) is 6.35. The predicted octanol–water partition coefficient (Wildman–Crippen LogP) is 4.62. The van der Waals surface area contributed by atoms with Gasteiger partial charge in [-0.05, 0) is 58.4 Å². The van der Waals surface area contributed by atoms with E-state index >= 15 is 0 Å². The van der Waals surface area contributed by atoms with Crippen LogP contribution in [-0.2, 0) is 26.0 Å². The van der Waals surface area contributed by atoms with Crippen LogP contribution in [0.5, 0.6) is 11.5 Å². The van der Waals surface area contributed by atoms with E-state index in [0.717, 1.165) is 4.47 Å². The second-order valence-electron chi connectivity index (χ2n) is 8.27. The van der Waals surface area contributed by atoms with Crippen molar-refractivity contribution in [3.63, 3.8) is 0 Å². The number of nitrogens with zero attached hydrogens (tertiary/aromatic N) is 3. The highest BCUT2D eigenvalue weighted by molar-refractivity contribution is 9.10. The number of aromatic nitrogens is 3. The Morgan fingerprint density at radius 3 is 2.42 bits per heavy atom. The van der Waals surface area contributed by atoms with Crippen LogP contribution in [0.1, 0.15) is 25.3 Å². The van der Waals surface area contributed by atoms with Gasteiger partial charge in [-0.1, -0.05) is 6.92 Å². The molecule has 184 valence electrons. The van der Waals surface area contributed by atoms with E-state index in [9.17, 15) is 18.0 Å². The molecule has 2 aromatic carbocycles. The van der Waals surface area contributed by atoms with Crippen LogP contribution in [0.25, 0.3) is 22.6 Å². The molecule has 1 aliphatic rings. The molecule has 1 N–H and O–H groups in total. The number of hydrogen-bond acceptors (Lipinski definition) is 7. The highest BCUT2D eigenvalue weighted by Crippen LogP contribution is 2.33. The fourth-order valence-corrected chi connectivity index (χ4v) is 5.04. The van der Waals surface area contributed by atoms with Crippen molar-refractivity contribution >= 4 is 48.6 Å². The molecular formula is C25H21BrN4O5S. The lowest BCUT2D eigenvalue weighted by atomic mass is 10.1. The average molecular weight is 569 g/mol. The van der Waals surface area contributed by atoms with Crippen LogP contribution in [-0.4, -0.2) is 45.8 Å². The van der Waals surface area contributed by atoms with E-state index in [1.54, 1.807) is 37.4 Å². The monoisotopic (exact) mass is 568 g/mol. The van der Waals surface area contributed by atoms with E-state index in [4.69, 9.17) is 4.74 Å². The Labute approximate surface area is 215 Å². The maximum atomic E-state index is 12.3. The van der Waals surface area contributed by atoms with Gasteiger partial charge in [0.15, 0.2) is 15.7 Å². The van der Waals surface area contributed by atoms with Crippen molar-refractivity contribution < 1.29 is 22.7 Å². The molecule has 1 fully saturated rings. The van der Waals surface area contributed by atoms with Gasteiger partial charge in [-0.3, -0.25) is 19.5 Å².